The molecule has 0 saturated heterocycles. The Bertz CT molecular complexity index is 730. The SMILES string of the molecule is COc1ccc(CC(=O)Nc2ccc(OC(F)(F)F)cc2)cc1OC. The highest BCUT2D eigenvalue weighted by Crippen LogP contribution is 2.28. The molecular formula is C17H16F3NO4. The maximum atomic E-state index is 12.1. The Morgan fingerprint density at radius 1 is 1.00 bits per heavy atom. The van der Waals surface area contributed by atoms with Crippen molar-refractivity contribution >= 4 is 11.6 Å². The minimum absolute atomic E-state index is 0.0706. The summed E-state index contributed by atoms with van der Waals surface area (Å²) in [6, 6.07) is 9.99. The zero-order valence-electron chi connectivity index (χ0n) is 13.5. The normalized spacial score (nSPS) is 10.9. The fourth-order valence-electron chi connectivity index (χ4n) is 2.12. The average Bonchev–Trinajstić information content (AvgIpc) is 2.55. The number of ether oxygens (including phenoxy) is 3. The predicted molar refractivity (Wildman–Crippen MR) is 85.0 cm³/mol. The Labute approximate surface area is 142 Å². The summed E-state index contributed by atoms with van der Waals surface area (Å²) < 4.78 is 50.4. The van der Waals surface area contributed by atoms with Gasteiger partial charge in [0, 0.05) is 5.69 Å². The number of rotatable bonds is 6. The van der Waals surface area contributed by atoms with Crippen LogP contribution < -0.4 is 19.5 Å². The van der Waals surface area contributed by atoms with Gasteiger partial charge in [0.15, 0.2) is 11.5 Å². The topological polar surface area (TPSA) is 56.8 Å². The fourth-order valence-corrected chi connectivity index (χ4v) is 2.12. The molecule has 1 amide bonds. The molecule has 0 aliphatic rings. The van der Waals surface area contributed by atoms with Crippen LogP contribution in [0, 0.1) is 0 Å². The van der Waals surface area contributed by atoms with Gasteiger partial charge in [-0.05, 0) is 42.0 Å². The van der Waals surface area contributed by atoms with E-state index in [-0.39, 0.29) is 18.1 Å². The highest BCUT2D eigenvalue weighted by atomic mass is 19.4. The van der Waals surface area contributed by atoms with Crippen LogP contribution in [-0.4, -0.2) is 26.5 Å². The maximum absolute atomic E-state index is 12.1. The van der Waals surface area contributed by atoms with E-state index in [4.69, 9.17) is 9.47 Å². The van der Waals surface area contributed by atoms with Crippen molar-refractivity contribution in [1.82, 2.24) is 0 Å². The molecule has 0 aliphatic heterocycles. The number of alkyl halides is 3. The van der Waals surface area contributed by atoms with Gasteiger partial charge in [0.05, 0.1) is 20.6 Å². The Balaban J connectivity index is 1.98. The van der Waals surface area contributed by atoms with Gasteiger partial charge in [-0.15, -0.1) is 13.2 Å². The van der Waals surface area contributed by atoms with Crippen molar-refractivity contribution in [3.05, 3.63) is 48.0 Å². The van der Waals surface area contributed by atoms with Crippen molar-refractivity contribution in [3.8, 4) is 17.2 Å². The minimum Gasteiger partial charge on any atom is -0.493 e. The summed E-state index contributed by atoms with van der Waals surface area (Å²) in [7, 11) is 3.00. The van der Waals surface area contributed by atoms with Crippen LogP contribution in [0.2, 0.25) is 0 Å². The number of methoxy groups -OCH3 is 2. The van der Waals surface area contributed by atoms with Crippen molar-refractivity contribution in [2.24, 2.45) is 0 Å². The Morgan fingerprint density at radius 2 is 1.64 bits per heavy atom. The molecule has 0 radical (unpaired) electrons. The van der Waals surface area contributed by atoms with Gasteiger partial charge in [-0.25, -0.2) is 0 Å². The first-order valence-corrected chi connectivity index (χ1v) is 7.17. The van der Waals surface area contributed by atoms with Crippen LogP contribution in [0.25, 0.3) is 0 Å². The number of benzene rings is 2. The lowest BCUT2D eigenvalue weighted by Gasteiger charge is -2.11. The largest absolute Gasteiger partial charge is 0.573 e. The predicted octanol–water partition coefficient (Wildman–Crippen LogP) is 3.78. The smallest absolute Gasteiger partial charge is 0.493 e. The quantitative estimate of drug-likeness (QED) is 0.857. The van der Waals surface area contributed by atoms with Crippen LogP contribution in [0.3, 0.4) is 0 Å². The minimum atomic E-state index is -4.75. The van der Waals surface area contributed by atoms with Crippen molar-refractivity contribution < 1.29 is 32.2 Å². The van der Waals surface area contributed by atoms with E-state index >= 15 is 0 Å². The molecule has 2 rings (SSSR count). The number of carbonyl (C=O) groups excluding carboxylic acids is 1. The summed E-state index contributed by atoms with van der Waals surface area (Å²) in [6.45, 7) is 0. The second kappa shape index (κ2) is 7.78. The van der Waals surface area contributed by atoms with E-state index in [0.29, 0.717) is 22.7 Å². The third-order valence-electron chi connectivity index (χ3n) is 3.18. The van der Waals surface area contributed by atoms with E-state index in [0.717, 1.165) is 12.1 Å². The maximum Gasteiger partial charge on any atom is 0.573 e. The van der Waals surface area contributed by atoms with Gasteiger partial charge < -0.3 is 19.5 Å². The van der Waals surface area contributed by atoms with Crippen LogP contribution in [0.15, 0.2) is 42.5 Å². The van der Waals surface area contributed by atoms with Crippen molar-refractivity contribution in [2.45, 2.75) is 12.8 Å². The lowest BCUT2D eigenvalue weighted by Crippen LogP contribution is -2.17. The standard InChI is InChI=1S/C17H16F3NO4/c1-23-14-8-3-11(9-15(14)24-2)10-16(22)21-12-4-6-13(7-5-12)25-17(18,19)20/h3-9H,10H2,1-2H3,(H,21,22). The number of hydrogen-bond donors (Lipinski definition) is 1. The summed E-state index contributed by atoms with van der Waals surface area (Å²) in [5, 5.41) is 2.60. The zero-order valence-corrected chi connectivity index (χ0v) is 13.5. The number of nitrogens with one attached hydrogen (secondary N) is 1. The average molecular weight is 355 g/mol. The highest BCUT2D eigenvalue weighted by molar-refractivity contribution is 5.92. The first kappa shape index (κ1) is 18.4. The van der Waals surface area contributed by atoms with Gasteiger partial charge in [0.2, 0.25) is 5.91 Å². The van der Waals surface area contributed by atoms with E-state index in [1.165, 1.54) is 26.4 Å². The number of hydrogen-bond acceptors (Lipinski definition) is 4. The number of halogens is 3. The molecule has 25 heavy (non-hydrogen) atoms. The second-order valence-corrected chi connectivity index (χ2v) is 4.99. The summed E-state index contributed by atoms with van der Waals surface area (Å²) >= 11 is 0. The molecule has 0 bridgehead atoms. The molecule has 0 atom stereocenters. The van der Waals surface area contributed by atoms with Crippen molar-refractivity contribution in [1.29, 1.82) is 0 Å². The van der Waals surface area contributed by atoms with Crippen LogP contribution in [-0.2, 0) is 11.2 Å². The summed E-state index contributed by atoms with van der Waals surface area (Å²) in [5.74, 6) is 0.371. The first-order valence-electron chi connectivity index (χ1n) is 7.17. The van der Waals surface area contributed by atoms with Crippen LogP contribution in [0.1, 0.15) is 5.56 Å². The van der Waals surface area contributed by atoms with E-state index in [2.05, 4.69) is 10.1 Å². The van der Waals surface area contributed by atoms with Crippen molar-refractivity contribution in [3.63, 3.8) is 0 Å². The highest BCUT2D eigenvalue weighted by Gasteiger charge is 2.30. The molecule has 0 unspecified atom stereocenters. The van der Waals surface area contributed by atoms with Gasteiger partial charge >= 0.3 is 6.36 Å². The van der Waals surface area contributed by atoms with Gasteiger partial charge in [0.25, 0.3) is 0 Å². The summed E-state index contributed by atoms with van der Waals surface area (Å²) in [5.41, 5.74) is 1.06. The summed E-state index contributed by atoms with van der Waals surface area (Å²) in [4.78, 5) is 12.1. The summed E-state index contributed by atoms with van der Waals surface area (Å²) in [6.07, 6.45) is -4.68. The molecule has 2 aromatic carbocycles. The lowest BCUT2D eigenvalue weighted by atomic mass is 10.1. The van der Waals surface area contributed by atoms with E-state index in [1.807, 2.05) is 0 Å². The molecule has 2 aromatic rings. The fraction of sp³-hybridized carbons (Fsp3) is 0.235. The number of anilines is 1. The van der Waals surface area contributed by atoms with Crippen LogP contribution >= 0.6 is 0 Å². The molecule has 0 aromatic heterocycles. The number of carbonyl (C=O) groups is 1. The van der Waals surface area contributed by atoms with Crippen LogP contribution in [0.5, 0.6) is 17.2 Å². The molecule has 0 heterocycles. The Kier molecular flexibility index (Phi) is 5.74. The van der Waals surface area contributed by atoms with Gasteiger partial charge in [0.1, 0.15) is 5.75 Å². The van der Waals surface area contributed by atoms with Gasteiger partial charge in [-0.1, -0.05) is 6.07 Å². The van der Waals surface area contributed by atoms with Crippen LogP contribution in [0.4, 0.5) is 18.9 Å². The monoisotopic (exact) mass is 355 g/mol. The molecule has 0 aliphatic carbocycles. The third-order valence-corrected chi connectivity index (χ3v) is 3.18. The molecule has 0 spiro atoms. The number of amides is 1. The van der Waals surface area contributed by atoms with Gasteiger partial charge in [-0.3, -0.25) is 4.79 Å². The Morgan fingerprint density at radius 3 is 2.20 bits per heavy atom. The molecule has 134 valence electrons. The molecule has 5 nitrogen and oxygen atoms in total. The lowest BCUT2D eigenvalue weighted by molar-refractivity contribution is -0.274. The second-order valence-electron chi connectivity index (χ2n) is 4.99. The molecule has 0 fully saturated rings. The van der Waals surface area contributed by atoms with E-state index in [1.54, 1.807) is 18.2 Å². The van der Waals surface area contributed by atoms with E-state index in [9.17, 15) is 18.0 Å². The van der Waals surface area contributed by atoms with E-state index < -0.39 is 6.36 Å². The molecular weight excluding hydrogens is 339 g/mol. The Hall–Kier alpha value is -2.90. The molecule has 0 saturated carbocycles. The third kappa shape index (κ3) is 5.59. The molecule has 8 heteroatoms. The van der Waals surface area contributed by atoms with Crippen molar-refractivity contribution in [2.75, 3.05) is 19.5 Å². The zero-order chi connectivity index (χ0) is 18.4. The first-order chi connectivity index (χ1) is 11.8. The molecule has 1 N–H and O–H groups in total. The van der Waals surface area contributed by atoms with Gasteiger partial charge in [-0.2, -0.15) is 0 Å².